The number of rotatable bonds is 6. The van der Waals surface area contributed by atoms with Crippen molar-refractivity contribution in [2.45, 2.75) is 26.8 Å². The monoisotopic (exact) mass is 496 g/mol. The molecule has 1 amide bonds. The zero-order chi connectivity index (χ0) is 24.1. The number of carbonyl (C=O) groups is 4. The van der Waals surface area contributed by atoms with Gasteiger partial charge in [0.15, 0.2) is 5.17 Å². The van der Waals surface area contributed by atoms with Gasteiger partial charge in [-0.05, 0) is 37.6 Å². The number of hydrogen-bond donors (Lipinski definition) is 1. The zero-order valence-corrected chi connectivity index (χ0v) is 20.3. The number of fused-ring (bicyclic) bond motifs is 1. The molecule has 0 unspecified atom stereocenters. The lowest BCUT2D eigenvalue weighted by Gasteiger charge is -2.26. The average Bonchev–Trinajstić information content (AvgIpc) is 3.29. The van der Waals surface area contributed by atoms with Crippen LogP contribution in [0.25, 0.3) is 0 Å². The lowest BCUT2D eigenvalue weighted by atomic mass is 10.0. The molecule has 1 aromatic rings. The lowest BCUT2D eigenvalue weighted by Crippen LogP contribution is -2.36. The fourth-order valence-electron chi connectivity index (χ4n) is 3.30. The van der Waals surface area contributed by atoms with E-state index >= 15 is 0 Å². The maximum atomic E-state index is 12.8. The Kier molecular flexibility index (Phi) is 8.10. The Bertz CT molecular complexity index is 1030. The number of methoxy groups -OCH3 is 1. The summed E-state index contributed by atoms with van der Waals surface area (Å²) in [5.41, 5.74) is 3.97. The van der Waals surface area contributed by atoms with Gasteiger partial charge in [-0.3, -0.25) is 4.79 Å². The summed E-state index contributed by atoms with van der Waals surface area (Å²) >= 11 is 2.06. The van der Waals surface area contributed by atoms with Crippen LogP contribution in [0.5, 0.6) is 0 Å². The first-order valence-electron chi connectivity index (χ1n) is 10.2. The molecule has 0 spiro atoms. The molecule has 1 N–H and O–H groups in total. The molecule has 1 aromatic heterocycles. The van der Waals surface area contributed by atoms with E-state index in [1.165, 1.54) is 23.5 Å². The summed E-state index contributed by atoms with van der Waals surface area (Å²) in [5, 5.41) is 1.55. The molecule has 1 fully saturated rings. The first-order valence-corrected chi connectivity index (χ1v) is 11.8. The van der Waals surface area contributed by atoms with Gasteiger partial charge in [0.25, 0.3) is 0 Å². The number of aliphatic imine (C=N–C) groups is 1. The van der Waals surface area contributed by atoms with E-state index in [1.807, 2.05) is 0 Å². The van der Waals surface area contributed by atoms with Gasteiger partial charge in [0.1, 0.15) is 16.3 Å². The van der Waals surface area contributed by atoms with Crippen LogP contribution < -0.4 is 5.43 Å². The Labute approximate surface area is 198 Å². The van der Waals surface area contributed by atoms with E-state index in [4.69, 9.17) is 9.47 Å². The predicted octanol–water partition coefficient (Wildman–Crippen LogP) is 2.19. The Morgan fingerprint density at radius 1 is 1.21 bits per heavy atom. The van der Waals surface area contributed by atoms with Gasteiger partial charge in [0.05, 0.1) is 32.9 Å². The quantitative estimate of drug-likeness (QED) is 0.356. The molecule has 3 heterocycles. The van der Waals surface area contributed by atoms with Gasteiger partial charge >= 0.3 is 18.0 Å². The van der Waals surface area contributed by atoms with Crippen LogP contribution in [0.3, 0.4) is 0 Å². The van der Waals surface area contributed by atoms with E-state index in [0.717, 1.165) is 28.3 Å². The highest BCUT2D eigenvalue weighted by Crippen LogP contribution is 2.41. The molecule has 2 aliphatic rings. The van der Waals surface area contributed by atoms with Crippen molar-refractivity contribution in [1.82, 2.24) is 15.3 Å². The molecular formula is C20H24N4O7S2. The molecular weight excluding hydrogens is 472 g/mol. The van der Waals surface area contributed by atoms with Crippen molar-refractivity contribution in [3.8, 4) is 0 Å². The maximum absolute atomic E-state index is 12.8. The molecule has 2 aliphatic heterocycles. The van der Waals surface area contributed by atoms with Crippen LogP contribution in [0, 0.1) is 0 Å². The Morgan fingerprint density at radius 3 is 2.58 bits per heavy atom. The summed E-state index contributed by atoms with van der Waals surface area (Å²) in [6, 6.07) is 0. The highest BCUT2D eigenvalue weighted by molar-refractivity contribution is 8.27. The van der Waals surface area contributed by atoms with E-state index < -0.39 is 23.1 Å². The second-order valence-electron chi connectivity index (χ2n) is 6.67. The Hall–Kier alpha value is -2.90. The largest absolute Gasteiger partial charge is 0.466 e. The number of hydrogen-bond acceptors (Lipinski definition) is 11. The number of nitrogens with one attached hydrogen (secondary N) is 1. The summed E-state index contributed by atoms with van der Waals surface area (Å²) in [4.78, 5) is 56.0. The maximum Gasteiger partial charge on any atom is 0.410 e. The number of esters is 2. The summed E-state index contributed by atoms with van der Waals surface area (Å²) < 4.78 is 15.0. The number of ether oxygens (including phenoxy) is 3. The third kappa shape index (κ3) is 5.20. The summed E-state index contributed by atoms with van der Waals surface area (Å²) in [6.07, 6.45) is 1.09. The van der Waals surface area contributed by atoms with Crippen molar-refractivity contribution in [2.75, 3.05) is 33.9 Å². The fraction of sp³-hybridized carbons (Fsp3) is 0.450. The minimum atomic E-state index is -0.682. The number of hydrazine groups is 1. The highest BCUT2D eigenvalue weighted by atomic mass is 32.2. The number of thiophene rings is 1. The number of amidine groups is 1. The third-order valence-corrected chi connectivity index (χ3v) is 6.71. The number of nitrogens with zero attached hydrogens (tertiary/aromatic N) is 3. The van der Waals surface area contributed by atoms with Crippen molar-refractivity contribution >= 4 is 56.4 Å². The van der Waals surface area contributed by atoms with Crippen LogP contribution in [-0.4, -0.2) is 72.1 Å². The van der Waals surface area contributed by atoms with E-state index in [9.17, 15) is 19.2 Å². The van der Waals surface area contributed by atoms with Gasteiger partial charge in [0, 0.05) is 18.5 Å². The van der Waals surface area contributed by atoms with Gasteiger partial charge in [-0.2, -0.15) is 0 Å². The van der Waals surface area contributed by atoms with Crippen LogP contribution >= 0.6 is 23.1 Å². The number of carbonyl (C=O) groups excluding carboxylic acids is 4. The second-order valence-corrected chi connectivity index (χ2v) is 8.69. The molecule has 33 heavy (non-hydrogen) atoms. The second kappa shape index (κ2) is 10.8. The average molecular weight is 497 g/mol. The van der Waals surface area contributed by atoms with Crippen LogP contribution in [0.1, 0.15) is 34.6 Å². The van der Waals surface area contributed by atoms with E-state index in [1.54, 1.807) is 25.8 Å². The molecule has 178 valence electrons. The van der Waals surface area contributed by atoms with E-state index in [0.29, 0.717) is 23.5 Å². The molecule has 13 heteroatoms. The number of thioether (sulfide) groups is 1. The molecule has 0 atom stereocenters. The molecule has 0 aliphatic carbocycles. The fourth-order valence-corrected chi connectivity index (χ4v) is 5.42. The lowest BCUT2D eigenvalue weighted by molar-refractivity contribution is -0.135. The van der Waals surface area contributed by atoms with Crippen molar-refractivity contribution < 1.29 is 33.4 Å². The predicted molar refractivity (Wildman–Crippen MR) is 122 cm³/mol. The third-order valence-electron chi connectivity index (χ3n) is 4.75. The van der Waals surface area contributed by atoms with Gasteiger partial charge in [-0.1, -0.05) is 0 Å². The van der Waals surface area contributed by atoms with Crippen LogP contribution in [0.2, 0.25) is 0 Å². The normalized spacial score (nSPS) is 18.0. The van der Waals surface area contributed by atoms with Gasteiger partial charge in [0.2, 0.25) is 5.12 Å². The SMILES string of the molecule is CCOC(=O)c1c(/N=C2\SC(=O)/C(=C\C(=O)OC)N2NC)sc2c1CCN(C(=O)OCC)C2. The molecule has 3 rings (SSSR count). The molecule has 0 saturated carbocycles. The topological polar surface area (TPSA) is 127 Å². The summed E-state index contributed by atoms with van der Waals surface area (Å²) in [5.74, 6) is -1.20. The first kappa shape index (κ1) is 24.7. The van der Waals surface area contributed by atoms with Crippen molar-refractivity contribution in [2.24, 2.45) is 4.99 Å². The van der Waals surface area contributed by atoms with Crippen LogP contribution in [-0.2, 0) is 36.8 Å². The van der Waals surface area contributed by atoms with Gasteiger partial charge in [-0.15, -0.1) is 11.3 Å². The Balaban J connectivity index is 2.02. The minimum Gasteiger partial charge on any atom is -0.466 e. The van der Waals surface area contributed by atoms with Crippen LogP contribution in [0.15, 0.2) is 16.8 Å². The highest BCUT2D eigenvalue weighted by Gasteiger charge is 2.36. The molecule has 0 bridgehead atoms. The zero-order valence-electron chi connectivity index (χ0n) is 18.6. The molecule has 1 saturated heterocycles. The van der Waals surface area contributed by atoms with E-state index in [-0.39, 0.29) is 30.6 Å². The summed E-state index contributed by atoms with van der Waals surface area (Å²) in [7, 11) is 2.79. The number of amides is 1. The van der Waals surface area contributed by atoms with Gasteiger partial charge < -0.3 is 19.1 Å². The van der Waals surface area contributed by atoms with Gasteiger partial charge in [-0.25, -0.2) is 29.8 Å². The summed E-state index contributed by atoms with van der Waals surface area (Å²) in [6.45, 7) is 4.59. The molecule has 0 aromatic carbocycles. The minimum absolute atomic E-state index is 0.0561. The van der Waals surface area contributed by atoms with E-state index in [2.05, 4.69) is 15.2 Å². The van der Waals surface area contributed by atoms with Crippen LogP contribution in [0.4, 0.5) is 9.80 Å². The molecule has 0 radical (unpaired) electrons. The Morgan fingerprint density at radius 2 is 1.94 bits per heavy atom. The standard InChI is InChI=1S/C20H24N4O7S2/c1-5-30-17(26)15-11-7-8-23(20(28)31-6-2)10-13(11)32-16(15)22-19-24(21-3)12(18(27)33-19)9-14(25)29-4/h9,21H,5-8,10H2,1-4H3/b12-9+,22-19-. The first-order chi connectivity index (χ1) is 15.8. The van der Waals surface area contributed by atoms with Crippen molar-refractivity contribution in [3.63, 3.8) is 0 Å². The molecule has 11 nitrogen and oxygen atoms in total. The smallest absolute Gasteiger partial charge is 0.410 e. The van der Waals surface area contributed by atoms with Crippen molar-refractivity contribution in [3.05, 3.63) is 27.8 Å². The van der Waals surface area contributed by atoms with Crippen molar-refractivity contribution in [1.29, 1.82) is 0 Å².